The number of halogens is 2. The second-order valence-corrected chi connectivity index (χ2v) is 9.18. The second kappa shape index (κ2) is 9.94. The van der Waals surface area contributed by atoms with E-state index < -0.39 is 21.7 Å². The molecular formula is C25H18ClFN2O4S. The highest BCUT2D eigenvalue weighted by molar-refractivity contribution is 7.92. The third kappa shape index (κ3) is 5.36. The fourth-order valence-electron chi connectivity index (χ4n) is 3.06. The Morgan fingerprint density at radius 3 is 2.24 bits per heavy atom. The van der Waals surface area contributed by atoms with Crippen molar-refractivity contribution in [3.05, 3.63) is 113 Å². The van der Waals surface area contributed by atoms with Crippen molar-refractivity contribution >= 4 is 38.9 Å². The predicted octanol–water partition coefficient (Wildman–Crippen LogP) is 6.32. The molecule has 0 aliphatic heterocycles. The van der Waals surface area contributed by atoms with E-state index in [0.717, 1.165) is 6.07 Å². The molecule has 2 N–H and O–H groups in total. The molecule has 9 heteroatoms. The van der Waals surface area contributed by atoms with Gasteiger partial charge in [0.15, 0.2) is 5.75 Å². The Kier molecular flexibility index (Phi) is 6.81. The Labute approximate surface area is 201 Å². The molecule has 0 fully saturated rings. The Morgan fingerprint density at radius 2 is 1.50 bits per heavy atom. The fraction of sp³-hybridized carbons (Fsp3) is 0. The Hall–Kier alpha value is -3.88. The largest absolute Gasteiger partial charge is 0.455 e. The van der Waals surface area contributed by atoms with Crippen molar-refractivity contribution in [1.82, 2.24) is 0 Å². The molecule has 0 bridgehead atoms. The Bertz CT molecular complexity index is 1450. The summed E-state index contributed by atoms with van der Waals surface area (Å²) >= 11 is 6.00. The van der Waals surface area contributed by atoms with Gasteiger partial charge in [-0.2, -0.15) is 0 Å². The molecule has 0 saturated carbocycles. The highest BCUT2D eigenvalue weighted by Crippen LogP contribution is 2.31. The van der Waals surface area contributed by atoms with Crippen LogP contribution in [0, 0.1) is 5.82 Å². The molecule has 4 rings (SSSR count). The van der Waals surface area contributed by atoms with Gasteiger partial charge in [-0.1, -0.05) is 54.1 Å². The van der Waals surface area contributed by atoms with Gasteiger partial charge in [-0.3, -0.25) is 9.52 Å². The normalized spacial score (nSPS) is 11.0. The first-order valence-corrected chi connectivity index (χ1v) is 11.9. The SMILES string of the molecule is O=C(Nc1ccc(S(=O)(=O)Nc2ccccc2Oc2ccccc2)cc1F)c1ccccc1Cl. The van der Waals surface area contributed by atoms with E-state index in [1.54, 1.807) is 54.6 Å². The number of para-hydroxylation sites is 3. The van der Waals surface area contributed by atoms with Crippen LogP contribution in [0.2, 0.25) is 5.02 Å². The van der Waals surface area contributed by atoms with Crippen LogP contribution in [0.3, 0.4) is 0 Å². The van der Waals surface area contributed by atoms with Crippen LogP contribution in [-0.4, -0.2) is 14.3 Å². The van der Waals surface area contributed by atoms with Gasteiger partial charge < -0.3 is 10.1 Å². The van der Waals surface area contributed by atoms with E-state index >= 15 is 0 Å². The lowest BCUT2D eigenvalue weighted by molar-refractivity contribution is 0.102. The van der Waals surface area contributed by atoms with E-state index in [1.165, 1.54) is 30.3 Å². The molecule has 4 aromatic rings. The van der Waals surface area contributed by atoms with E-state index in [4.69, 9.17) is 16.3 Å². The van der Waals surface area contributed by atoms with E-state index in [-0.39, 0.29) is 32.6 Å². The van der Waals surface area contributed by atoms with Crippen LogP contribution in [0.1, 0.15) is 10.4 Å². The zero-order valence-corrected chi connectivity index (χ0v) is 19.1. The molecule has 0 radical (unpaired) electrons. The molecule has 172 valence electrons. The number of carbonyl (C=O) groups is 1. The topological polar surface area (TPSA) is 84.5 Å². The van der Waals surface area contributed by atoms with Crippen LogP contribution in [0.25, 0.3) is 0 Å². The molecule has 0 atom stereocenters. The molecule has 0 spiro atoms. The summed E-state index contributed by atoms with van der Waals surface area (Å²) in [5, 5.41) is 2.61. The molecular weight excluding hydrogens is 479 g/mol. The lowest BCUT2D eigenvalue weighted by atomic mass is 10.2. The summed E-state index contributed by atoms with van der Waals surface area (Å²) < 4.78 is 48.7. The summed E-state index contributed by atoms with van der Waals surface area (Å²) in [7, 11) is -4.16. The van der Waals surface area contributed by atoms with Crippen molar-refractivity contribution in [3.8, 4) is 11.5 Å². The fourth-order valence-corrected chi connectivity index (χ4v) is 4.36. The van der Waals surface area contributed by atoms with Crippen molar-refractivity contribution in [2.45, 2.75) is 4.90 Å². The third-order valence-electron chi connectivity index (χ3n) is 4.72. The van der Waals surface area contributed by atoms with Crippen LogP contribution in [0.5, 0.6) is 11.5 Å². The van der Waals surface area contributed by atoms with Gasteiger partial charge in [-0.15, -0.1) is 0 Å². The lowest BCUT2D eigenvalue weighted by Crippen LogP contribution is -2.16. The zero-order valence-electron chi connectivity index (χ0n) is 17.5. The number of anilines is 2. The van der Waals surface area contributed by atoms with Gasteiger partial charge >= 0.3 is 0 Å². The minimum Gasteiger partial charge on any atom is -0.455 e. The molecule has 1 amide bonds. The maximum atomic E-state index is 14.7. The van der Waals surface area contributed by atoms with E-state index in [0.29, 0.717) is 5.75 Å². The molecule has 0 saturated heterocycles. The molecule has 6 nitrogen and oxygen atoms in total. The maximum absolute atomic E-state index is 14.7. The molecule has 0 unspecified atom stereocenters. The molecule has 34 heavy (non-hydrogen) atoms. The van der Waals surface area contributed by atoms with Crippen molar-refractivity contribution in [1.29, 1.82) is 0 Å². The maximum Gasteiger partial charge on any atom is 0.262 e. The summed E-state index contributed by atoms with van der Waals surface area (Å²) in [4.78, 5) is 12.1. The molecule has 4 aromatic carbocycles. The Balaban J connectivity index is 1.54. The average Bonchev–Trinajstić information content (AvgIpc) is 2.82. The number of carbonyl (C=O) groups excluding carboxylic acids is 1. The highest BCUT2D eigenvalue weighted by atomic mass is 35.5. The number of amides is 1. The van der Waals surface area contributed by atoms with E-state index in [9.17, 15) is 17.6 Å². The summed E-state index contributed by atoms with van der Waals surface area (Å²) in [5.41, 5.74) is 0.163. The number of hydrogen-bond acceptors (Lipinski definition) is 4. The van der Waals surface area contributed by atoms with Crippen LogP contribution < -0.4 is 14.8 Å². The number of benzene rings is 4. The highest BCUT2D eigenvalue weighted by Gasteiger charge is 2.20. The van der Waals surface area contributed by atoms with Crippen LogP contribution >= 0.6 is 11.6 Å². The minimum absolute atomic E-state index is 0.164. The van der Waals surface area contributed by atoms with Crippen LogP contribution in [0.4, 0.5) is 15.8 Å². The van der Waals surface area contributed by atoms with Gasteiger partial charge in [0.05, 0.1) is 26.9 Å². The van der Waals surface area contributed by atoms with Crippen molar-refractivity contribution < 1.29 is 22.3 Å². The van der Waals surface area contributed by atoms with Gasteiger partial charge in [0.1, 0.15) is 11.6 Å². The number of sulfonamides is 1. The van der Waals surface area contributed by atoms with Crippen molar-refractivity contribution in [2.75, 3.05) is 10.0 Å². The van der Waals surface area contributed by atoms with Gasteiger partial charge in [-0.25, -0.2) is 12.8 Å². The van der Waals surface area contributed by atoms with Gasteiger partial charge in [0.25, 0.3) is 15.9 Å². The first-order chi connectivity index (χ1) is 16.3. The lowest BCUT2D eigenvalue weighted by Gasteiger charge is -2.14. The summed E-state index contributed by atoms with van der Waals surface area (Å²) in [6.07, 6.45) is 0. The van der Waals surface area contributed by atoms with Gasteiger partial charge in [0, 0.05) is 0 Å². The first kappa shape index (κ1) is 23.3. The Morgan fingerprint density at radius 1 is 0.824 bits per heavy atom. The number of rotatable bonds is 7. The number of ether oxygens (including phenoxy) is 1. The monoisotopic (exact) mass is 496 g/mol. The minimum atomic E-state index is -4.16. The quantitative estimate of drug-likeness (QED) is 0.313. The van der Waals surface area contributed by atoms with E-state index in [2.05, 4.69) is 10.0 Å². The van der Waals surface area contributed by atoms with Crippen LogP contribution in [-0.2, 0) is 10.0 Å². The van der Waals surface area contributed by atoms with E-state index in [1.807, 2.05) is 6.07 Å². The number of hydrogen-bond donors (Lipinski definition) is 2. The first-order valence-electron chi connectivity index (χ1n) is 10.0. The molecule has 0 aromatic heterocycles. The molecule has 0 heterocycles. The number of nitrogens with one attached hydrogen (secondary N) is 2. The smallest absolute Gasteiger partial charge is 0.262 e. The van der Waals surface area contributed by atoms with Crippen molar-refractivity contribution in [3.63, 3.8) is 0 Å². The van der Waals surface area contributed by atoms with Crippen molar-refractivity contribution in [2.24, 2.45) is 0 Å². The molecule has 0 aliphatic carbocycles. The molecule has 0 aliphatic rings. The summed E-state index contributed by atoms with van der Waals surface area (Å²) in [6, 6.07) is 24.9. The van der Waals surface area contributed by atoms with Crippen LogP contribution in [0.15, 0.2) is 102 Å². The van der Waals surface area contributed by atoms with Gasteiger partial charge in [-0.05, 0) is 54.6 Å². The predicted molar refractivity (Wildman–Crippen MR) is 130 cm³/mol. The average molecular weight is 497 g/mol. The zero-order chi connectivity index (χ0) is 24.1. The standard InChI is InChI=1S/C25H18ClFN2O4S/c26-20-11-5-4-10-19(20)25(30)28-22-15-14-18(16-21(22)27)34(31,32)29-23-12-6-7-13-24(23)33-17-8-2-1-3-9-17/h1-16,29H,(H,28,30). The van der Waals surface area contributed by atoms with Gasteiger partial charge in [0.2, 0.25) is 0 Å². The third-order valence-corrected chi connectivity index (χ3v) is 6.41. The second-order valence-electron chi connectivity index (χ2n) is 7.09. The summed E-state index contributed by atoms with van der Waals surface area (Å²) in [6.45, 7) is 0. The summed E-state index contributed by atoms with van der Waals surface area (Å²) in [5.74, 6) is -0.734.